The molecule has 0 bridgehead atoms. The first-order valence-corrected chi connectivity index (χ1v) is 4.56. The monoisotopic (exact) mass is 180 g/mol. The molecule has 1 aliphatic rings. The summed E-state index contributed by atoms with van der Waals surface area (Å²) in [6.45, 7) is 6.13. The third kappa shape index (κ3) is 3.45. The Bertz CT molecular complexity index is 243. The SMILES string of the molecule is CC(=O)OCC1C=C(C)CC(C)=C1. The highest BCUT2D eigenvalue weighted by Gasteiger charge is 2.10. The van der Waals surface area contributed by atoms with Crippen LogP contribution >= 0.6 is 0 Å². The normalized spacial score (nSPS) is 17.8. The van der Waals surface area contributed by atoms with E-state index < -0.39 is 0 Å². The summed E-state index contributed by atoms with van der Waals surface area (Å²) >= 11 is 0. The number of ether oxygens (including phenoxy) is 1. The van der Waals surface area contributed by atoms with E-state index in [-0.39, 0.29) is 11.9 Å². The maximum Gasteiger partial charge on any atom is 0.302 e. The fraction of sp³-hybridized carbons (Fsp3) is 0.545. The van der Waals surface area contributed by atoms with Crippen molar-refractivity contribution in [3.05, 3.63) is 23.3 Å². The molecule has 0 amide bonds. The third-order valence-corrected chi connectivity index (χ3v) is 2.03. The number of hydrogen-bond donors (Lipinski definition) is 0. The van der Waals surface area contributed by atoms with Crippen molar-refractivity contribution in [1.29, 1.82) is 0 Å². The van der Waals surface area contributed by atoms with Gasteiger partial charge in [-0.1, -0.05) is 23.3 Å². The fourth-order valence-electron chi connectivity index (χ4n) is 1.65. The van der Waals surface area contributed by atoms with Crippen molar-refractivity contribution in [1.82, 2.24) is 0 Å². The number of rotatable bonds is 2. The van der Waals surface area contributed by atoms with Gasteiger partial charge in [-0.2, -0.15) is 0 Å². The first-order valence-electron chi connectivity index (χ1n) is 4.56. The van der Waals surface area contributed by atoms with Crippen LogP contribution in [0.1, 0.15) is 27.2 Å². The second-order valence-electron chi connectivity index (χ2n) is 3.67. The van der Waals surface area contributed by atoms with Gasteiger partial charge in [0.2, 0.25) is 0 Å². The predicted molar refractivity (Wildman–Crippen MR) is 52.3 cm³/mol. The summed E-state index contributed by atoms with van der Waals surface area (Å²) in [6.07, 6.45) is 5.38. The summed E-state index contributed by atoms with van der Waals surface area (Å²) in [4.78, 5) is 10.6. The minimum atomic E-state index is -0.206. The molecule has 0 spiro atoms. The first kappa shape index (κ1) is 10.0. The van der Waals surface area contributed by atoms with Gasteiger partial charge in [-0.15, -0.1) is 0 Å². The number of carbonyl (C=O) groups is 1. The average Bonchev–Trinajstić information content (AvgIpc) is 1.99. The van der Waals surface area contributed by atoms with Gasteiger partial charge in [0.25, 0.3) is 0 Å². The van der Waals surface area contributed by atoms with Crippen LogP contribution in [0, 0.1) is 5.92 Å². The van der Waals surface area contributed by atoms with E-state index in [0.29, 0.717) is 6.61 Å². The molecule has 0 fully saturated rings. The Morgan fingerprint density at radius 3 is 2.46 bits per heavy atom. The van der Waals surface area contributed by atoms with Crippen molar-refractivity contribution < 1.29 is 9.53 Å². The number of carbonyl (C=O) groups excluding carboxylic acids is 1. The van der Waals surface area contributed by atoms with Crippen molar-refractivity contribution in [2.75, 3.05) is 6.61 Å². The second-order valence-corrected chi connectivity index (χ2v) is 3.67. The van der Waals surface area contributed by atoms with Crippen LogP contribution < -0.4 is 0 Å². The maximum absolute atomic E-state index is 10.6. The van der Waals surface area contributed by atoms with Crippen molar-refractivity contribution in [2.24, 2.45) is 5.92 Å². The summed E-state index contributed by atoms with van der Waals surface area (Å²) < 4.78 is 4.95. The van der Waals surface area contributed by atoms with E-state index in [0.717, 1.165) is 6.42 Å². The zero-order valence-corrected chi connectivity index (χ0v) is 8.46. The Morgan fingerprint density at radius 2 is 2.00 bits per heavy atom. The summed E-state index contributed by atoms with van der Waals surface area (Å²) in [5, 5.41) is 0. The highest BCUT2D eigenvalue weighted by atomic mass is 16.5. The van der Waals surface area contributed by atoms with Crippen LogP contribution in [0.2, 0.25) is 0 Å². The Balaban J connectivity index is 2.49. The molecule has 13 heavy (non-hydrogen) atoms. The summed E-state index contributed by atoms with van der Waals surface area (Å²) in [6, 6.07) is 0. The van der Waals surface area contributed by atoms with E-state index in [2.05, 4.69) is 26.0 Å². The lowest BCUT2D eigenvalue weighted by Crippen LogP contribution is -2.11. The number of allylic oxidation sites excluding steroid dienone is 2. The molecule has 0 aliphatic heterocycles. The van der Waals surface area contributed by atoms with Gasteiger partial charge < -0.3 is 4.74 Å². The van der Waals surface area contributed by atoms with E-state index in [1.165, 1.54) is 18.1 Å². The average molecular weight is 180 g/mol. The highest BCUT2D eigenvalue weighted by Crippen LogP contribution is 2.21. The van der Waals surface area contributed by atoms with Gasteiger partial charge in [0.05, 0.1) is 0 Å². The van der Waals surface area contributed by atoms with E-state index in [1.807, 2.05) is 0 Å². The standard InChI is InChI=1S/C11H16O2/c1-8-4-9(2)6-11(5-8)7-13-10(3)12/h5-6,11H,4,7H2,1-3H3. The Hall–Kier alpha value is -1.05. The molecule has 2 heteroatoms. The third-order valence-electron chi connectivity index (χ3n) is 2.03. The molecule has 0 heterocycles. The predicted octanol–water partition coefficient (Wildman–Crippen LogP) is 2.46. The molecule has 1 aliphatic carbocycles. The number of hydrogen-bond acceptors (Lipinski definition) is 2. The first-order chi connectivity index (χ1) is 6.08. The molecular weight excluding hydrogens is 164 g/mol. The van der Waals surface area contributed by atoms with E-state index in [9.17, 15) is 4.79 Å². The lowest BCUT2D eigenvalue weighted by atomic mass is 9.93. The van der Waals surface area contributed by atoms with Crippen LogP contribution in [-0.4, -0.2) is 12.6 Å². The van der Waals surface area contributed by atoms with Crippen molar-refractivity contribution in [2.45, 2.75) is 27.2 Å². The second kappa shape index (κ2) is 4.26. The van der Waals surface area contributed by atoms with Crippen LogP contribution in [0.5, 0.6) is 0 Å². The fourth-order valence-corrected chi connectivity index (χ4v) is 1.65. The van der Waals surface area contributed by atoms with Crippen molar-refractivity contribution in [3.63, 3.8) is 0 Å². The molecule has 0 saturated carbocycles. The largest absolute Gasteiger partial charge is 0.465 e. The quantitative estimate of drug-likeness (QED) is 0.482. The molecule has 0 N–H and O–H groups in total. The lowest BCUT2D eigenvalue weighted by molar-refractivity contribution is -0.141. The van der Waals surface area contributed by atoms with Crippen LogP contribution in [0.25, 0.3) is 0 Å². The highest BCUT2D eigenvalue weighted by molar-refractivity contribution is 5.65. The Morgan fingerprint density at radius 1 is 1.46 bits per heavy atom. The van der Waals surface area contributed by atoms with Gasteiger partial charge >= 0.3 is 5.97 Å². The molecular formula is C11H16O2. The van der Waals surface area contributed by atoms with Gasteiger partial charge in [-0.25, -0.2) is 0 Å². The minimum Gasteiger partial charge on any atom is -0.465 e. The summed E-state index contributed by atoms with van der Waals surface area (Å²) in [5.74, 6) is 0.0697. The molecule has 0 radical (unpaired) electrons. The van der Waals surface area contributed by atoms with Crippen molar-refractivity contribution in [3.8, 4) is 0 Å². The zero-order chi connectivity index (χ0) is 9.84. The molecule has 0 unspecified atom stereocenters. The molecule has 0 aromatic carbocycles. The van der Waals surface area contributed by atoms with Gasteiger partial charge in [-0.05, 0) is 20.3 Å². The van der Waals surface area contributed by atoms with Gasteiger partial charge in [0.15, 0.2) is 0 Å². The van der Waals surface area contributed by atoms with Gasteiger partial charge in [0.1, 0.15) is 6.61 Å². The molecule has 0 aromatic heterocycles. The maximum atomic E-state index is 10.6. The summed E-state index contributed by atoms with van der Waals surface area (Å²) in [5.41, 5.74) is 2.72. The topological polar surface area (TPSA) is 26.3 Å². The van der Waals surface area contributed by atoms with E-state index >= 15 is 0 Å². The number of esters is 1. The van der Waals surface area contributed by atoms with E-state index in [1.54, 1.807) is 0 Å². The minimum absolute atomic E-state index is 0.206. The van der Waals surface area contributed by atoms with Crippen LogP contribution in [0.3, 0.4) is 0 Å². The Labute approximate surface area is 79.3 Å². The van der Waals surface area contributed by atoms with Crippen LogP contribution in [-0.2, 0) is 9.53 Å². The van der Waals surface area contributed by atoms with Gasteiger partial charge in [0, 0.05) is 12.8 Å². The molecule has 0 aromatic rings. The van der Waals surface area contributed by atoms with Crippen LogP contribution in [0.15, 0.2) is 23.3 Å². The lowest BCUT2D eigenvalue weighted by Gasteiger charge is -2.16. The zero-order valence-electron chi connectivity index (χ0n) is 8.46. The molecule has 0 atom stereocenters. The van der Waals surface area contributed by atoms with E-state index in [4.69, 9.17) is 4.74 Å². The molecule has 72 valence electrons. The molecule has 1 rings (SSSR count). The molecule has 2 nitrogen and oxygen atoms in total. The van der Waals surface area contributed by atoms with Crippen LogP contribution in [0.4, 0.5) is 0 Å². The van der Waals surface area contributed by atoms with Crippen molar-refractivity contribution >= 4 is 5.97 Å². The van der Waals surface area contributed by atoms with Gasteiger partial charge in [-0.3, -0.25) is 4.79 Å². The summed E-state index contributed by atoms with van der Waals surface area (Å²) in [7, 11) is 0. The molecule has 0 saturated heterocycles. The Kier molecular flexibility index (Phi) is 3.29. The smallest absolute Gasteiger partial charge is 0.302 e.